The van der Waals surface area contributed by atoms with Crippen molar-refractivity contribution in [2.75, 3.05) is 0 Å². The normalized spacial score (nSPS) is 12.4. The first kappa shape index (κ1) is 14.5. The van der Waals surface area contributed by atoms with Gasteiger partial charge in [-0.15, -0.1) is 0 Å². The van der Waals surface area contributed by atoms with Crippen molar-refractivity contribution in [3.05, 3.63) is 78.0 Å². The number of aromatic amines is 1. The second-order valence-electron chi connectivity index (χ2n) is 5.94. The molecule has 1 heterocycles. The number of aromatic nitrogens is 2. The highest BCUT2D eigenvalue weighted by molar-refractivity contribution is 5.98. The van der Waals surface area contributed by atoms with E-state index in [0.717, 1.165) is 21.9 Å². The Hall–Kier alpha value is -3.14. The Morgan fingerprint density at radius 2 is 1.88 bits per heavy atom. The first-order valence-corrected chi connectivity index (χ1v) is 7.94. The molecule has 0 spiro atoms. The van der Waals surface area contributed by atoms with E-state index in [0.29, 0.717) is 5.56 Å². The van der Waals surface area contributed by atoms with Gasteiger partial charge in [0.05, 0.1) is 17.8 Å². The van der Waals surface area contributed by atoms with Crippen LogP contribution in [-0.2, 0) is 0 Å². The lowest BCUT2D eigenvalue weighted by molar-refractivity contribution is 0.0940. The molecule has 0 saturated carbocycles. The molecule has 2 N–H and O–H groups in total. The number of benzene rings is 3. The number of hydrogen-bond acceptors (Lipinski definition) is 2. The SMILES string of the molecule is C[C@@H](NC(=O)c1ccc2cn[nH]c2c1)c1cccc2ccccc12. The van der Waals surface area contributed by atoms with E-state index in [4.69, 9.17) is 0 Å². The summed E-state index contributed by atoms with van der Waals surface area (Å²) in [4.78, 5) is 12.6. The number of nitrogens with one attached hydrogen (secondary N) is 2. The van der Waals surface area contributed by atoms with Crippen molar-refractivity contribution in [3.63, 3.8) is 0 Å². The number of rotatable bonds is 3. The molecule has 0 aliphatic heterocycles. The van der Waals surface area contributed by atoms with Crippen LogP contribution in [0.1, 0.15) is 28.9 Å². The van der Waals surface area contributed by atoms with E-state index >= 15 is 0 Å². The Labute approximate surface area is 139 Å². The summed E-state index contributed by atoms with van der Waals surface area (Å²) in [6.07, 6.45) is 1.75. The minimum absolute atomic E-state index is 0.0823. The molecule has 24 heavy (non-hydrogen) atoms. The van der Waals surface area contributed by atoms with E-state index < -0.39 is 0 Å². The van der Waals surface area contributed by atoms with E-state index in [1.54, 1.807) is 6.20 Å². The van der Waals surface area contributed by atoms with Gasteiger partial charge in [-0.1, -0.05) is 48.5 Å². The number of fused-ring (bicyclic) bond motifs is 2. The fourth-order valence-corrected chi connectivity index (χ4v) is 3.06. The van der Waals surface area contributed by atoms with Gasteiger partial charge in [-0.3, -0.25) is 9.89 Å². The van der Waals surface area contributed by atoms with Crippen LogP contribution in [0.25, 0.3) is 21.7 Å². The van der Waals surface area contributed by atoms with Crippen molar-refractivity contribution in [1.82, 2.24) is 15.5 Å². The molecule has 4 rings (SSSR count). The number of hydrogen-bond donors (Lipinski definition) is 2. The molecule has 4 aromatic rings. The molecule has 1 amide bonds. The molecule has 0 radical (unpaired) electrons. The average molecular weight is 315 g/mol. The molecule has 1 atom stereocenters. The minimum Gasteiger partial charge on any atom is -0.345 e. The van der Waals surface area contributed by atoms with Crippen LogP contribution in [-0.4, -0.2) is 16.1 Å². The Kier molecular flexibility index (Phi) is 3.50. The number of H-pyrrole nitrogens is 1. The van der Waals surface area contributed by atoms with Gasteiger partial charge in [0.1, 0.15) is 0 Å². The van der Waals surface area contributed by atoms with E-state index in [1.165, 1.54) is 5.39 Å². The second kappa shape index (κ2) is 5.81. The topological polar surface area (TPSA) is 57.8 Å². The van der Waals surface area contributed by atoms with Crippen LogP contribution in [0, 0.1) is 0 Å². The van der Waals surface area contributed by atoms with Gasteiger partial charge in [0.25, 0.3) is 5.91 Å². The molecular formula is C20H17N3O. The Morgan fingerprint density at radius 3 is 2.79 bits per heavy atom. The maximum Gasteiger partial charge on any atom is 0.251 e. The van der Waals surface area contributed by atoms with Crippen molar-refractivity contribution in [2.24, 2.45) is 0 Å². The van der Waals surface area contributed by atoms with Gasteiger partial charge in [0, 0.05) is 10.9 Å². The summed E-state index contributed by atoms with van der Waals surface area (Å²) in [6.45, 7) is 2.01. The van der Waals surface area contributed by atoms with Crippen LogP contribution in [0.4, 0.5) is 0 Å². The zero-order chi connectivity index (χ0) is 16.5. The molecule has 0 unspecified atom stereocenters. The lowest BCUT2D eigenvalue weighted by atomic mass is 9.99. The molecule has 4 nitrogen and oxygen atoms in total. The highest BCUT2D eigenvalue weighted by atomic mass is 16.1. The van der Waals surface area contributed by atoms with Crippen molar-refractivity contribution in [1.29, 1.82) is 0 Å². The second-order valence-corrected chi connectivity index (χ2v) is 5.94. The fraction of sp³-hybridized carbons (Fsp3) is 0.100. The van der Waals surface area contributed by atoms with Crippen LogP contribution in [0.3, 0.4) is 0 Å². The largest absolute Gasteiger partial charge is 0.345 e. The molecule has 0 bridgehead atoms. The third-order valence-electron chi connectivity index (χ3n) is 4.34. The van der Waals surface area contributed by atoms with Crippen LogP contribution < -0.4 is 5.32 Å². The van der Waals surface area contributed by atoms with Crippen molar-refractivity contribution in [3.8, 4) is 0 Å². The summed E-state index contributed by atoms with van der Waals surface area (Å²) in [5.41, 5.74) is 2.60. The van der Waals surface area contributed by atoms with Gasteiger partial charge in [0.2, 0.25) is 0 Å². The molecule has 0 fully saturated rings. The van der Waals surface area contributed by atoms with Gasteiger partial charge < -0.3 is 5.32 Å². The number of nitrogens with zero attached hydrogens (tertiary/aromatic N) is 1. The average Bonchev–Trinajstić information content (AvgIpc) is 3.08. The van der Waals surface area contributed by atoms with Gasteiger partial charge in [-0.25, -0.2) is 0 Å². The van der Waals surface area contributed by atoms with Crippen molar-refractivity contribution in [2.45, 2.75) is 13.0 Å². The first-order valence-electron chi connectivity index (χ1n) is 7.94. The Bertz CT molecular complexity index is 1030. The van der Waals surface area contributed by atoms with Gasteiger partial charge >= 0.3 is 0 Å². The molecule has 118 valence electrons. The maximum atomic E-state index is 12.6. The quantitative estimate of drug-likeness (QED) is 0.595. The molecule has 1 aromatic heterocycles. The van der Waals surface area contributed by atoms with Crippen LogP contribution >= 0.6 is 0 Å². The monoisotopic (exact) mass is 315 g/mol. The smallest absolute Gasteiger partial charge is 0.251 e. The van der Waals surface area contributed by atoms with Crippen LogP contribution in [0.2, 0.25) is 0 Å². The van der Waals surface area contributed by atoms with Crippen molar-refractivity contribution < 1.29 is 4.79 Å². The molecule has 0 saturated heterocycles. The number of amides is 1. The van der Waals surface area contributed by atoms with Gasteiger partial charge in [0.15, 0.2) is 0 Å². The molecule has 4 heteroatoms. The summed E-state index contributed by atoms with van der Waals surface area (Å²) in [5, 5.41) is 13.3. The molecule has 0 aliphatic rings. The van der Waals surface area contributed by atoms with Crippen LogP contribution in [0.15, 0.2) is 66.9 Å². The van der Waals surface area contributed by atoms with E-state index in [2.05, 4.69) is 39.8 Å². The predicted octanol–water partition coefficient (Wildman–Crippen LogP) is 4.21. The third-order valence-corrected chi connectivity index (χ3v) is 4.34. The number of carbonyl (C=O) groups excluding carboxylic acids is 1. The van der Waals surface area contributed by atoms with Crippen LogP contribution in [0.5, 0.6) is 0 Å². The summed E-state index contributed by atoms with van der Waals surface area (Å²) in [7, 11) is 0. The highest BCUT2D eigenvalue weighted by Gasteiger charge is 2.14. The fourth-order valence-electron chi connectivity index (χ4n) is 3.06. The first-order chi connectivity index (χ1) is 11.7. The van der Waals surface area contributed by atoms with Gasteiger partial charge in [-0.05, 0) is 35.4 Å². The predicted molar refractivity (Wildman–Crippen MR) is 95.9 cm³/mol. The van der Waals surface area contributed by atoms with E-state index in [1.807, 2.05) is 43.3 Å². The summed E-state index contributed by atoms with van der Waals surface area (Å²) in [5.74, 6) is -0.0908. The third kappa shape index (κ3) is 2.52. The van der Waals surface area contributed by atoms with Gasteiger partial charge in [-0.2, -0.15) is 5.10 Å². The Balaban J connectivity index is 1.62. The maximum absolute atomic E-state index is 12.6. The lowest BCUT2D eigenvalue weighted by Gasteiger charge is -2.16. The number of carbonyl (C=O) groups is 1. The zero-order valence-electron chi connectivity index (χ0n) is 13.3. The highest BCUT2D eigenvalue weighted by Crippen LogP contribution is 2.24. The molecule has 0 aliphatic carbocycles. The summed E-state index contributed by atoms with van der Waals surface area (Å²) >= 11 is 0. The zero-order valence-corrected chi connectivity index (χ0v) is 13.3. The summed E-state index contributed by atoms with van der Waals surface area (Å²) < 4.78 is 0. The summed E-state index contributed by atoms with van der Waals surface area (Å²) in [6, 6.07) is 19.8. The van der Waals surface area contributed by atoms with E-state index in [-0.39, 0.29) is 11.9 Å². The lowest BCUT2D eigenvalue weighted by Crippen LogP contribution is -2.26. The minimum atomic E-state index is -0.0908. The van der Waals surface area contributed by atoms with Crippen molar-refractivity contribution >= 4 is 27.6 Å². The molecule has 3 aromatic carbocycles. The standard InChI is InChI=1S/C20H17N3O/c1-13(17-8-4-6-14-5-2-3-7-18(14)17)22-20(24)15-9-10-16-12-21-23-19(16)11-15/h2-13H,1H3,(H,21,23)(H,22,24)/t13-/m1/s1. The molecular weight excluding hydrogens is 298 g/mol. The van der Waals surface area contributed by atoms with E-state index in [9.17, 15) is 4.79 Å². The Morgan fingerprint density at radius 1 is 1.04 bits per heavy atom.